The number of aromatic nitrogens is 1. The summed E-state index contributed by atoms with van der Waals surface area (Å²) < 4.78 is 11.1. The number of carbonyl (C=O) groups is 1. The summed E-state index contributed by atoms with van der Waals surface area (Å²) in [5.41, 5.74) is 0. The summed E-state index contributed by atoms with van der Waals surface area (Å²) in [6.07, 6.45) is 4.37. The van der Waals surface area contributed by atoms with Crippen molar-refractivity contribution in [3.05, 3.63) is 35.7 Å². The summed E-state index contributed by atoms with van der Waals surface area (Å²) in [4.78, 5) is 20.9. The number of aryl methyl sites for hydroxylation is 1. The Morgan fingerprint density at radius 3 is 3.17 bits per heavy atom. The van der Waals surface area contributed by atoms with Crippen LogP contribution in [-0.4, -0.2) is 55.2 Å². The number of nitrogens with zero attached hydrogens (tertiary/aromatic N) is 3. The Morgan fingerprint density at radius 1 is 1.57 bits per heavy atom. The largest absolute Gasteiger partial charge is 0.469 e. The third-order valence-corrected chi connectivity index (χ3v) is 4.64. The highest BCUT2D eigenvalue weighted by atomic mass is 32.1. The van der Waals surface area contributed by atoms with Crippen LogP contribution < -0.4 is 4.90 Å². The van der Waals surface area contributed by atoms with E-state index in [0.717, 1.165) is 24.0 Å². The maximum Gasteiger partial charge on any atom is 0.229 e. The molecule has 1 aliphatic rings. The SMILES string of the molecule is CN1CCO[C@@H](CN(C(=O)CCc2ccco2)c2nccs2)C1. The molecule has 0 saturated carbocycles. The molecule has 0 aromatic carbocycles. The first kappa shape index (κ1) is 16.2. The summed E-state index contributed by atoms with van der Waals surface area (Å²) in [6.45, 7) is 3.00. The molecule has 6 nitrogen and oxygen atoms in total. The topological polar surface area (TPSA) is 58.8 Å². The Balaban J connectivity index is 1.64. The van der Waals surface area contributed by atoms with E-state index in [1.54, 1.807) is 17.4 Å². The molecule has 2 aromatic rings. The van der Waals surface area contributed by atoms with Crippen LogP contribution in [0, 0.1) is 0 Å². The van der Waals surface area contributed by atoms with Crippen LogP contribution in [0.3, 0.4) is 0 Å². The van der Waals surface area contributed by atoms with Crippen LogP contribution in [0.4, 0.5) is 5.13 Å². The maximum absolute atomic E-state index is 12.7. The minimum absolute atomic E-state index is 0.0187. The number of ether oxygens (including phenoxy) is 1. The minimum atomic E-state index is 0.0187. The van der Waals surface area contributed by atoms with Crippen molar-refractivity contribution in [2.45, 2.75) is 18.9 Å². The molecular weight excluding hydrogens is 314 g/mol. The highest BCUT2D eigenvalue weighted by Gasteiger charge is 2.25. The van der Waals surface area contributed by atoms with Crippen molar-refractivity contribution in [3.8, 4) is 0 Å². The van der Waals surface area contributed by atoms with Gasteiger partial charge in [-0.2, -0.15) is 0 Å². The Bertz CT molecular complexity index is 600. The van der Waals surface area contributed by atoms with Crippen molar-refractivity contribution in [3.63, 3.8) is 0 Å². The fraction of sp³-hybridized carbons (Fsp3) is 0.500. The van der Waals surface area contributed by atoms with Gasteiger partial charge in [0.1, 0.15) is 5.76 Å². The predicted octanol–water partition coefficient (Wildman–Crippen LogP) is 2.03. The van der Waals surface area contributed by atoms with E-state index < -0.39 is 0 Å². The smallest absolute Gasteiger partial charge is 0.229 e. The second-order valence-electron chi connectivity index (χ2n) is 5.65. The molecule has 1 saturated heterocycles. The van der Waals surface area contributed by atoms with Crippen LogP contribution >= 0.6 is 11.3 Å². The van der Waals surface area contributed by atoms with Gasteiger partial charge in [-0.15, -0.1) is 11.3 Å². The average Bonchev–Trinajstić information content (AvgIpc) is 3.23. The van der Waals surface area contributed by atoms with Gasteiger partial charge in [-0.1, -0.05) is 0 Å². The fourth-order valence-electron chi connectivity index (χ4n) is 2.64. The number of furan rings is 1. The lowest BCUT2D eigenvalue weighted by Gasteiger charge is -2.33. The van der Waals surface area contributed by atoms with Crippen LogP contribution in [0.25, 0.3) is 0 Å². The lowest BCUT2D eigenvalue weighted by atomic mass is 10.2. The molecule has 0 aliphatic carbocycles. The maximum atomic E-state index is 12.7. The van der Waals surface area contributed by atoms with Crippen LogP contribution in [0.15, 0.2) is 34.4 Å². The van der Waals surface area contributed by atoms with E-state index in [4.69, 9.17) is 9.15 Å². The van der Waals surface area contributed by atoms with Gasteiger partial charge in [0.05, 0.1) is 25.5 Å². The molecule has 3 rings (SSSR count). The average molecular weight is 335 g/mol. The van der Waals surface area contributed by atoms with Gasteiger partial charge in [0.15, 0.2) is 5.13 Å². The first-order valence-electron chi connectivity index (χ1n) is 7.75. The van der Waals surface area contributed by atoms with Gasteiger partial charge in [-0.05, 0) is 19.2 Å². The number of rotatable bonds is 6. The van der Waals surface area contributed by atoms with E-state index in [9.17, 15) is 4.79 Å². The summed E-state index contributed by atoms with van der Waals surface area (Å²) >= 11 is 1.47. The van der Waals surface area contributed by atoms with E-state index in [1.807, 2.05) is 17.5 Å². The number of thiazole rings is 1. The van der Waals surface area contributed by atoms with E-state index >= 15 is 0 Å². The third-order valence-electron chi connectivity index (χ3n) is 3.84. The number of anilines is 1. The van der Waals surface area contributed by atoms with Gasteiger partial charge in [0, 0.05) is 37.5 Å². The lowest BCUT2D eigenvalue weighted by molar-refractivity contribution is -0.119. The molecule has 124 valence electrons. The van der Waals surface area contributed by atoms with Crippen LogP contribution in [0.5, 0.6) is 0 Å². The Labute approximate surface area is 139 Å². The molecule has 1 amide bonds. The number of morpholine rings is 1. The lowest BCUT2D eigenvalue weighted by Crippen LogP contribution is -2.47. The molecule has 0 spiro atoms. The summed E-state index contributed by atoms with van der Waals surface area (Å²) in [5, 5.41) is 2.61. The van der Waals surface area contributed by atoms with Crippen molar-refractivity contribution in [1.29, 1.82) is 0 Å². The molecule has 3 heterocycles. The van der Waals surface area contributed by atoms with Crippen molar-refractivity contribution < 1.29 is 13.9 Å². The van der Waals surface area contributed by atoms with Gasteiger partial charge in [-0.3, -0.25) is 9.69 Å². The molecule has 23 heavy (non-hydrogen) atoms. The predicted molar refractivity (Wildman–Crippen MR) is 88.7 cm³/mol. The van der Waals surface area contributed by atoms with E-state index in [2.05, 4.69) is 16.9 Å². The Morgan fingerprint density at radius 2 is 2.48 bits per heavy atom. The molecule has 1 atom stereocenters. The second kappa shape index (κ2) is 7.72. The van der Waals surface area contributed by atoms with Crippen molar-refractivity contribution >= 4 is 22.4 Å². The second-order valence-corrected chi connectivity index (χ2v) is 6.53. The van der Waals surface area contributed by atoms with Crippen molar-refractivity contribution in [2.75, 3.05) is 38.2 Å². The van der Waals surface area contributed by atoms with Crippen molar-refractivity contribution in [1.82, 2.24) is 9.88 Å². The highest BCUT2D eigenvalue weighted by molar-refractivity contribution is 7.13. The summed E-state index contributed by atoms with van der Waals surface area (Å²) in [6, 6.07) is 3.73. The minimum Gasteiger partial charge on any atom is -0.469 e. The number of amides is 1. The van der Waals surface area contributed by atoms with Crippen LogP contribution in [0.1, 0.15) is 12.2 Å². The quantitative estimate of drug-likeness (QED) is 0.808. The van der Waals surface area contributed by atoms with Gasteiger partial charge in [0.25, 0.3) is 0 Å². The molecule has 0 bridgehead atoms. The summed E-state index contributed by atoms with van der Waals surface area (Å²) in [7, 11) is 2.07. The molecule has 7 heteroatoms. The van der Waals surface area contributed by atoms with Crippen molar-refractivity contribution in [2.24, 2.45) is 0 Å². The zero-order valence-corrected chi connectivity index (χ0v) is 14.0. The normalized spacial score (nSPS) is 18.9. The van der Waals surface area contributed by atoms with E-state index in [0.29, 0.717) is 26.0 Å². The van der Waals surface area contributed by atoms with Crippen LogP contribution in [0.2, 0.25) is 0 Å². The standard InChI is InChI=1S/C16H21N3O3S/c1-18-7-9-22-14(11-18)12-19(16-17-6-10-23-16)15(20)5-4-13-3-2-8-21-13/h2-3,6,8,10,14H,4-5,7,9,11-12H2,1H3/t14-/m1/s1. The first-order chi connectivity index (χ1) is 11.2. The van der Waals surface area contributed by atoms with Gasteiger partial charge in [-0.25, -0.2) is 4.98 Å². The monoisotopic (exact) mass is 335 g/mol. The highest BCUT2D eigenvalue weighted by Crippen LogP contribution is 2.20. The molecule has 1 fully saturated rings. The summed E-state index contributed by atoms with van der Waals surface area (Å²) in [5.74, 6) is 0.874. The fourth-order valence-corrected chi connectivity index (χ4v) is 3.31. The van der Waals surface area contributed by atoms with Crippen LogP contribution in [-0.2, 0) is 16.0 Å². The molecule has 0 radical (unpaired) electrons. The number of carbonyl (C=O) groups excluding carboxylic acids is 1. The number of hydrogen-bond donors (Lipinski definition) is 0. The molecule has 1 aliphatic heterocycles. The van der Waals surface area contributed by atoms with Gasteiger partial charge < -0.3 is 14.1 Å². The Kier molecular flexibility index (Phi) is 5.43. The zero-order valence-electron chi connectivity index (χ0n) is 13.2. The third kappa shape index (κ3) is 4.40. The number of hydrogen-bond acceptors (Lipinski definition) is 6. The van der Waals surface area contributed by atoms with Gasteiger partial charge in [0.2, 0.25) is 5.91 Å². The molecular formula is C16H21N3O3S. The number of likely N-dealkylation sites (N-methyl/N-ethyl adjacent to an activating group) is 1. The zero-order chi connectivity index (χ0) is 16.1. The van der Waals surface area contributed by atoms with E-state index in [-0.39, 0.29) is 12.0 Å². The molecule has 0 unspecified atom stereocenters. The molecule has 2 aromatic heterocycles. The Hall–Kier alpha value is -1.70. The van der Waals surface area contributed by atoms with E-state index in [1.165, 1.54) is 11.3 Å². The van der Waals surface area contributed by atoms with Gasteiger partial charge >= 0.3 is 0 Å². The first-order valence-corrected chi connectivity index (χ1v) is 8.63. The molecule has 0 N–H and O–H groups in total.